The van der Waals surface area contributed by atoms with E-state index in [4.69, 9.17) is 31.0 Å². The van der Waals surface area contributed by atoms with Crippen molar-refractivity contribution in [2.45, 2.75) is 35.9 Å². The summed E-state index contributed by atoms with van der Waals surface area (Å²) in [5.41, 5.74) is 4.46. The molecule has 0 atom stereocenters. The molecular weight excluding hydrogens is 496 g/mol. The van der Waals surface area contributed by atoms with Gasteiger partial charge in [-0.05, 0) is 54.1 Å². The summed E-state index contributed by atoms with van der Waals surface area (Å²) in [6.45, 7) is 3.56. The smallest absolute Gasteiger partial charge is 0.194 e. The van der Waals surface area contributed by atoms with Gasteiger partial charge in [-0.25, -0.2) is 19.9 Å². The Morgan fingerprint density at radius 3 is 2.61 bits per heavy atom. The maximum absolute atomic E-state index is 6.81. The number of anilines is 1. The zero-order valence-electron chi connectivity index (χ0n) is 19.8. The molecule has 0 spiro atoms. The fourth-order valence-electron chi connectivity index (χ4n) is 4.37. The quantitative estimate of drug-likeness (QED) is 0.308. The second-order valence-electron chi connectivity index (χ2n) is 8.59. The average molecular weight is 519 g/mol. The van der Waals surface area contributed by atoms with Crippen LogP contribution in [0.15, 0.2) is 64.5 Å². The Kier molecular flexibility index (Phi) is 6.10. The standard InChI is InChI=1S/C26H23ClN6O2S/c1-3-15-10-20-22(23(15)27)25(33-13-18(14-33)35-17-6-4-16(34-2)5-7-17)32-26(31-20)36-19-11-21-24(30-12-19)29-9-8-28-21/h4-9,11-12,18H,3,10,13-14H2,1-2H3. The van der Waals surface area contributed by atoms with Crippen LogP contribution >= 0.6 is 23.4 Å². The van der Waals surface area contributed by atoms with Crippen molar-refractivity contribution in [3.63, 3.8) is 0 Å². The summed E-state index contributed by atoms with van der Waals surface area (Å²) in [5, 5.41) is 1.44. The first-order chi connectivity index (χ1) is 17.6. The highest BCUT2D eigenvalue weighted by atomic mass is 35.5. The summed E-state index contributed by atoms with van der Waals surface area (Å²) in [4.78, 5) is 26.0. The Balaban J connectivity index is 1.25. The molecule has 1 saturated heterocycles. The third-order valence-corrected chi connectivity index (χ3v) is 7.58. The molecule has 6 rings (SSSR count). The fraction of sp³-hybridized carbons (Fsp3) is 0.269. The lowest BCUT2D eigenvalue weighted by molar-refractivity contribution is 0.166. The van der Waals surface area contributed by atoms with Gasteiger partial charge in [-0.1, -0.05) is 18.5 Å². The second-order valence-corrected chi connectivity index (χ2v) is 10.0. The molecule has 0 N–H and O–H groups in total. The van der Waals surface area contributed by atoms with Gasteiger partial charge >= 0.3 is 0 Å². The summed E-state index contributed by atoms with van der Waals surface area (Å²) >= 11 is 8.28. The first-order valence-electron chi connectivity index (χ1n) is 11.7. The fourth-order valence-corrected chi connectivity index (χ4v) is 5.54. The molecule has 0 bridgehead atoms. The van der Waals surface area contributed by atoms with Crippen LogP contribution in [0.25, 0.3) is 16.2 Å². The lowest BCUT2D eigenvalue weighted by atomic mass is 10.1. The van der Waals surface area contributed by atoms with Crippen molar-refractivity contribution in [2.75, 3.05) is 25.1 Å². The van der Waals surface area contributed by atoms with Gasteiger partial charge in [-0.15, -0.1) is 0 Å². The number of ether oxygens (including phenoxy) is 2. The van der Waals surface area contributed by atoms with Crippen LogP contribution in [0.1, 0.15) is 24.6 Å². The average Bonchev–Trinajstić information content (AvgIpc) is 3.21. The van der Waals surface area contributed by atoms with Gasteiger partial charge in [0.25, 0.3) is 0 Å². The summed E-state index contributed by atoms with van der Waals surface area (Å²) in [6.07, 6.45) is 6.78. The molecule has 0 saturated carbocycles. The molecule has 1 fully saturated rings. The molecule has 3 aromatic heterocycles. The van der Waals surface area contributed by atoms with E-state index in [0.717, 1.165) is 69.9 Å². The van der Waals surface area contributed by atoms with Crippen LogP contribution in [0.3, 0.4) is 0 Å². The molecule has 0 radical (unpaired) electrons. The van der Waals surface area contributed by atoms with E-state index in [-0.39, 0.29) is 6.10 Å². The van der Waals surface area contributed by atoms with Crippen LogP contribution in [0.2, 0.25) is 0 Å². The van der Waals surface area contributed by atoms with E-state index in [1.165, 1.54) is 17.3 Å². The van der Waals surface area contributed by atoms with Gasteiger partial charge in [0.1, 0.15) is 28.9 Å². The molecule has 4 heterocycles. The molecule has 10 heteroatoms. The van der Waals surface area contributed by atoms with E-state index in [0.29, 0.717) is 10.8 Å². The summed E-state index contributed by atoms with van der Waals surface area (Å²) in [5.74, 6) is 2.49. The Labute approximate surface area is 217 Å². The number of hydrogen-bond donors (Lipinski definition) is 0. The number of nitrogens with zero attached hydrogens (tertiary/aromatic N) is 6. The molecular formula is C26H23ClN6O2S. The highest BCUT2D eigenvalue weighted by molar-refractivity contribution is 7.99. The Morgan fingerprint density at radius 1 is 1.06 bits per heavy atom. The molecule has 182 valence electrons. The summed E-state index contributed by atoms with van der Waals surface area (Å²) in [6, 6.07) is 9.61. The third-order valence-electron chi connectivity index (χ3n) is 6.30. The number of hydrogen-bond acceptors (Lipinski definition) is 9. The molecule has 8 nitrogen and oxygen atoms in total. The molecule has 36 heavy (non-hydrogen) atoms. The van der Waals surface area contributed by atoms with Gasteiger partial charge < -0.3 is 14.4 Å². The van der Waals surface area contributed by atoms with E-state index >= 15 is 0 Å². The van der Waals surface area contributed by atoms with Gasteiger partial charge in [-0.3, -0.25) is 4.98 Å². The highest BCUT2D eigenvalue weighted by Gasteiger charge is 2.35. The molecule has 1 aliphatic carbocycles. The Hall–Kier alpha value is -3.43. The predicted octanol–water partition coefficient (Wildman–Crippen LogP) is 5.16. The lowest BCUT2D eigenvalue weighted by Crippen LogP contribution is -2.54. The van der Waals surface area contributed by atoms with Crippen LogP contribution in [0, 0.1) is 0 Å². The van der Waals surface area contributed by atoms with Crippen LogP contribution in [0.5, 0.6) is 11.5 Å². The molecule has 4 aromatic rings. The Bertz CT molecular complexity index is 1470. The third kappa shape index (κ3) is 4.33. The first kappa shape index (κ1) is 23.0. The van der Waals surface area contributed by atoms with E-state index in [1.54, 1.807) is 25.7 Å². The van der Waals surface area contributed by atoms with Crippen molar-refractivity contribution in [3.8, 4) is 11.5 Å². The summed E-state index contributed by atoms with van der Waals surface area (Å²) < 4.78 is 11.4. The minimum atomic E-state index is 0.0678. The van der Waals surface area contributed by atoms with Gasteiger partial charge in [-0.2, -0.15) is 0 Å². The van der Waals surface area contributed by atoms with Crippen molar-refractivity contribution in [1.82, 2.24) is 24.9 Å². The molecule has 1 aromatic carbocycles. The lowest BCUT2D eigenvalue weighted by Gasteiger charge is -2.40. The maximum Gasteiger partial charge on any atom is 0.194 e. The van der Waals surface area contributed by atoms with Crippen LogP contribution in [0.4, 0.5) is 5.82 Å². The normalized spacial score (nSPS) is 15.2. The summed E-state index contributed by atoms with van der Waals surface area (Å²) in [7, 11) is 1.65. The van der Waals surface area contributed by atoms with Crippen LogP contribution < -0.4 is 14.4 Å². The van der Waals surface area contributed by atoms with Crippen LogP contribution in [-0.2, 0) is 6.42 Å². The number of fused-ring (bicyclic) bond motifs is 2. The zero-order valence-corrected chi connectivity index (χ0v) is 21.4. The predicted molar refractivity (Wildman–Crippen MR) is 140 cm³/mol. The minimum absolute atomic E-state index is 0.0678. The highest BCUT2D eigenvalue weighted by Crippen LogP contribution is 2.43. The number of halogens is 1. The molecule has 2 aliphatic rings. The molecule has 1 aliphatic heterocycles. The van der Waals surface area contributed by atoms with Crippen molar-refractivity contribution < 1.29 is 9.47 Å². The van der Waals surface area contributed by atoms with Crippen molar-refractivity contribution >= 4 is 45.4 Å². The van der Waals surface area contributed by atoms with E-state index in [9.17, 15) is 0 Å². The molecule has 0 unspecified atom stereocenters. The Morgan fingerprint density at radius 2 is 1.83 bits per heavy atom. The van der Waals surface area contributed by atoms with Crippen LogP contribution in [-0.4, -0.2) is 51.2 Å². The number of methoxy groups -OCH3 is 1. The number of allylic oxidation sites excluding steroid dienone is 1. The van der Waals surface area contributed by atoms with Gasteiger partial charge in [0.15, 0.2) is 10.8 Å². The van der Waals surface area contributed by atoms with Gasteiger partial charge in [0, 0.05) is 29.9 Å². The topological polar surface area (TPSA) is 86.2 Å². The number of benzene rings is 1. The number of pyridine rings is 1. The second kappa shape index (κ2) is 9.55. The number of aromatic nitrogens is 5. The number of rotatable bonds is 7. The first-order valence-corrected chi connectivity index (χ1v) is 12.9. The van der Waals surface area contributed by atoms with E-state index in [2.05, 4.69) is 26.8 Å². The maximum atomic E-state index is 6.81. The monoisotopic (exact) mass is 518 g/mol. The van der Waals surface area contributed by atoms with Crippen molar-refractivity contribution in [2.24, 2.45) is 0 Å². The van der Waals surface area contributed by atoms with Crippen molar-refractivity contribution in [3.05, 3.63) is 65.8 Å². The van der Waals surface area contributed by atoms with Gasteiger partial charge in [0.05, 0.1) is 36.5 Å². The minimum Gasteiger partial charge on any atom is -0.497 e. The molecule has 0 amide bonds. The van der Waals surface area contributed by atoms with E-state index in [1.807, 2.05) is 30.3 Å². The van der Waals surface area contributed by atoms with E-state index < -0.39 is 0 Å². The SMILES string of the molecule is CCC1=C(Cl)c2c(nc(Sc3cnc4nccnc4c3)nc2N2CC(Oc3ccc(OC)cc3)C2)C1. The van der Waals surface area contributed by atoms with Gasteiger partial charge in [0.2, 0.25) is 0 Å². The zero-order chi connectivity index (χ0) is 24.6. The van der Waals surface area contributed by atoms with Crippen molar-refractivity contribution in [1.29, 1.82) is 0 Å². The largest absolute Gasteiger partial charge is 0.497 e.